The highest BCUT2D eigenvalue weighted by atomic mass is 32.1. The van der Waals surface area contributed by atoms with Crippen molar-refractivity contribution in [2.75, 3.05) is 19.4 Å². The highest BCUT2D eigenvalue weighted by Crippen LogP contribution is 2.10. The van der Waals surface area contributed by atoms with Gasteiger partial charge in [0.25, 0.3) is 5.91 Å². The number of carbonyl (C=O) groups is 1. The molecule has 0 fully saturated rings. The zero-order valence-corrected chi connectivity index (χ0v) is 12.0. The molecule has 1 rings (SSSR count). The number of thiocarbonyl (C=S) groups is 1. The van der Waals surface area contributed by atoms with Crippen molar-refractivity contribution < 1.29 is 4.79 Å². The van der Waals surface area contributed by atoms with Crippen LogP contribution in [0.3, 0.4) is 0 Å². The second-order valence-electron chi connectivity index (χ2n) is 4.53. The average Bonchev–Trinajstić information content (AvgIpc) is 2.27. The molecule has 0 heterocycles. The van der Waals surface area contributed by atoms with Gasteiger partial charge >= 0.3 is 0 Å². The fourth-order valence-corrected chi connectivity index (χ4v) is 1.74. The van der Waals surface area contributed by atoms with E-state index in [2.05, 4.69) is 10.6 Å². The first-order chi connectivity index (χ1) is 8.40. The Morgan fingerprint density at radius 2 is 1.78 bits per heavy atom. The maximum absolute atomic E-state index is 11.7. The Labute approximate surface area is 113 Å². The Morgan fingerprint density at radius 1 is 1.22 bits per heavy atom. The van der Waals surface area contributed by atoms with Crippen LogP contribution in [-0.2, 0) is 0 Å². The lowest BCUT2D eigenvalue weighted by molar-refractivity contribution is 0.0827. The minimum atomic E-state index is -0.00979. The minimum absolute atomic E-state index is 0.00979. The highest BCUT2D eigenvalue weighted by Gasteiger charge is 2.07. The topological polar surface area (TPSA) is 44.4 Å². The van der Waals surface area contributed by atoms with Crippen LogP contribution in [0.5, 0.6) is 0 Å². The van der Waals surface area contributed by atoms with Crippen LogP contribution in [-0.4, -0.2) is 36.1 Å². The first kappa shape index (κ1) is 14.4. The normalized spacial score (nSPS) is 10.1. The van der Waals surface area contributed by atoms with Crippen molar-refractivity contribution in [3.8, 4) is 0 Å². The molecule has 0 aliphatic heterocycles. The lowest BCUT2D eigenvalue weighted by Gasteiger charge is -2.14. The molecule has 5 heteroatoms. The van der Waals surface area contributed by atoms with Gasteiger partial charge in [-0.3, -0.25) is 4.79 Å². The van der Waals surface area contributed by atoms with Crippen molar-refractivity contribution in [3.63, 3.8) is 0 Å². The smallest absolute Gasteiger partial charge is 0.253 e. The third-order valence-electron chi connectivity index (χ3n) is 2.22. The van der Waals surface area contributed by atoms with Crippen LogP contribution in [0.25, 0.3) is 0 Å². The van der Waals surface area contributed by atoms with Gasteiger partial charge in [0.1, 0.15) is 0 Å². The molecule has 1 amide bonds. The van der Waals surface area contributed by atoms with Crippen molar-refractivity contribution in [1.29, 1.82) is 0 Å². The molecule has 0 aromatic heterocycles. The highest BCUT2D eigenvalue weighted by molar-refractivity contribution is 7.80. The quantitative estimate of drug-likeness (QED) is 0.821. The molecule has 18 heavy (non-hydrogen) atoms. The van der Waals surface area contributed by atoms with Crippen molar-refractivity contribution in [2.24, 2.45) is 0 Å². The lowest BCUT2D eigenvalue weighted by Crippen LogP contribution is -2.33. The first-order valence-corrected chi connectivity index (χ1v) is 6.20. The van der Waals surface area contributed by atoms with E-state index < -0.39 is 0 Å². The van der Waals surface area contributed by atoms with Gasteiger partial charge in [-0.1, -0.05) is 0 Å². The van der Waals surface area contributed by atoms with Gasteiger partial charge in [-0.15, -0.1) is 0 Å². The van der Waals surface area contributed by atoms with Crippen molar-refractivity contribution in [1.82, 2.24) is 10.2 Å². The van der Waals surface area contributed by atoms with Crippen LogP contribution in [0, 0.1) is 0 Å². The Kier molecular flexibility index (Phi) is 5.09. The fourth-order valence-electron chi connectivity index (χ4n) is 1.38. The van der Waals surface area contributed by atoms with Crippen LogP contribution in [0.4, 0.5) is 5.69 Å². The third-order valence-corrected chi connectivity index (χ3v) is 2.44. The first-order valence-electron chi connectivity index (χ1n) is 5.79. The van der Waals surface area contributed by atoms with E-state index >= 15 is 0 Å². The monoisotopic (exact) mass is 265 g/mol. The van der Waals surface area contributed by atoms with E-state index in [1.165, 1.54) is 0 Å². The van der Waals surface area contributed by atoms with Gasteiger partial charge in [-0.2, -0.15) is 0 Å². The molecule has 0 aliphatic carbocycles. The van der Waals surface area contributed by atoms with Gasteiger partial charge < -0.3 is 15.5 Å². The summed E-state index contributed by atoms with van der Waals surface area (Å²) in [5.74, 6) is -0.00979. The third kappa shape index (κ3) is 4.33. The minimum Gasteiger partial charge on any atom is -0.360 e. The summed E-state index contributed by atoms with van der Waals surface area (Å²) in [7, 11) is 3.46. The number of benzene rings is 1. The van der Waals surface area contributed by atoms with E-state index in [1.807, 2.05) is 26.0 Å². The summed E-state index contributed by atoms with van der Waals surface area (Å²) >= 11 is 5.14. The van der Waals surface area contributed by atoms with Gasteiger partial charge in [0.05, 0.1) is 0 Å². The van der Waals surface area contributed by atoms with Gasteiger partial charge in [0, 0.05) is 31.4 Å². The van der Waals surface area contributed by atoms with E-state index in [1.54, 1.807) is 31.1 Å². The molecule has 98 valence electrons. The lowest BCUT2D eigenvalue weighted by atomic mass is 10.2. The summed E-state index contributed by atoms with van der Waals surface area (Å²) in [5, 5.41) is 6.74. The summed E-state index contributed by atoms with van der Waals surface area (Å²) in [5.41, 5.74) is 1.52. The largest absolute Gasteiger partial charge is 0.360 e. The van der Waals surface area contributed by atoms with Crippen LogP contribution in [0.2, 0.25) is 0 Å². The standard InChI is InChI=1S/C13H19N3OS/c1-9(2)14-13(18)15-11-7-5-10(6-8-11)12(17)16(3)4/h5-9H,1-4H3,(H2,14,15,18). The number of anilines is 1. The maximum Gasteiger partial charge on any atom is 0.253 e. The predicted octanol–water partition coefficient (Wildman–Crippen LogP) is 2.08. The van der Waals surface area contributed by atoms with E-state index in [9.17, 15) is 4.79 Å². The second-order valence-corrected chi connectivity index (χ2v) is 4.94. The average molecular weight is 265 g/mol. The van der Waals surface area contributed by atoms with Crippen LogP contribution in [0.1, 0.15) is 24.2 Å². The SMILES string of the molecule is CC(C)NC(=S)Nc1ccc(C(=O)N(C)C)cc1. The summed E-state index contributed by atoms with van der Waals surface area (Å²) < 4.78 is 0. The van der Waals surface area contributed by atoms with E-state index in [-0.39, 0.29) is 5.91 Å². The molecule has 0 bridgehead atoms. The molecule has 0 aliphatic rings. The molecule has 0 spiro atoms. The number of hydrogen-bond donors (Lipinski definition) is 2. The van der Waals surface area contributed by atoms with E-state index in [0.29, 0.717) is 16.7 Å². The Morgan fingerprint density at radius 3 is 2.22 bits per heavy atom. The number of nitrogens with zero attached hydrogens (tertiary/aromatic N) is 1. The number of hydrogen-bond acceptors (Lipinski definition) is 2. The molecule has 0 saturated carbocycles. The van der Waals surface area contributed by atoms with Gasteiger partial charge in [-0.05, 0) is 50.3 Å². The Bertz CT molecular complexity index is 426. The zero-order chi connectivity index (χ0) is 13.7. The molecule has 1 aromatic carbocycles. The number of rotatable bonds is 3. The van der Waals surface area contributed by atoms with Crippen molar-refractivity contribution in [2.45, 2.75) is 19.9 Å². The van der Waals surface area contributed by atoms with Gasteiger partial charge in [0.15, 0.2) is 5.11 Å². The van der Waals surface area contributed by atoms with E-state index in [0.717, 1.165) is 5.69 Å². The summed E-state index contributed by atoms with van der Waals surface area (Å²) in [6.45, 7) is 4.04. The molecule has 0 radical (unpaired) electrons. The second kappa shape index (κ2) is 6.35. The molecule has 0 unspecified atom stereocenters. The Hall–Kier alpha value is -1.62. The number of nitrogens with one attached hydrogen (secondary N) is 2. The summed E-state index contributed by atoms with van der Waals surface area (Å²) in [6, 6.07) is 7.53. The summed E-state index contributed by atoms with van der Waals surface area (Å²) in [4.78, 5) is 13.2. The molecule has 0 saturated heterocycles. The van der Waals surface area contributed by atoms with Crippen LogP contribution >= 0.6 is 12.2 Å². The van der Waals surface area contributed by atoms with Crippen molar-refractivity contribution >= 4 is 28.9 Å². The molecule has 4 nitrogen and oxygen atoms in total. The molecular weight excluding hydrogens is 246 g/mol. The number of amides is 1. The maximum atomic E-state index is 11.7. The zero-order valence-electron chi connectivity index (χ0n) is 11.2. The predicted molar refractivity (Wildman–Crippen MR) is 79.0 cm³/mol. The molecule has 0 atom stereocenters. The molecule has 1 aromatic rings. The van der Waals surface area contributed by atoms with Crippen LogP contribution < -0.4 is 10.6 Å². The summed E-state index contributed by atoms with van der Waals surface area (Å²) in [6.07, 6.45) is 0. The molecule has 2 N–H and O–H groups in total. The van der Waals surface area contributed by atoms with E-state index in [4.69, 9.17) is 12.2 Å². The fraction of sp³-hybridized carbons (Fsp3) is 0.385. The van der Waals surface area contributed by atoms with Gasteiger partial charge in [0.2, 0.25) is 0 Å². The van der Waals surface area contributed by atoms with Crippen molar-refractivity contribution in [3.05, 3.63) is 29.8 Å². The number of carbonyl (C=O) groups excluding carboxylic acids is 1. The van der Waals surface area contributed by atoms with Gasteiger partial charge in [-0.25, -0.2) is 0 Å². The van der Waals surface area contributed by atoms with Crippen LogP contribution in [0.15, 0.2) is 24.3 Å². The molecular formula is C13H19N3OS. The Balaban J connectivity index is 2.66.